The van der Waals surface area contributed by atoms with Crippen molar-refractivity contribution in [3.05, 3.63) is 53.6 Å². The molecule has 0 bridgehead atoms. The summed E-state index contributed by atoms with van der Waals surface area (Å²) in [4.78, 5) is 11.6. The van der Waals surface area contributed by atoms with Crippen LogP contribution in [0.1, 0.15) is 35.7 Å². The number of carbonyl (C=O) groups is 1. The van der Waals surface area contributed by atoms with Crippen molar-refractivity contribution < 1.29 is 27.4 Å². The van der Waals surface area contributed by atoms with Crippen LogP contribution in [0.15, 0.2) is 42.5 Å². The second-order valence-electron chi connectivity index (χ2n) is 5.30. The van der Waals surface area contributed by atoms with Gasteiger partial charge in [0.1, 0.15) is 5.75 Å². The molecule has 0 atom stereocenters. The Morgan fingerprint density at radius 3 is 2.40 bits per heavy atom. The third-order valence-electron chi connectivity index (χ3n) is 3.40. The van der Waals surface area contributed by atoms with Gasteiger partial charge in [-0.2, -0.15) is 13.2 Å². The number of carbonyl (C=O) groups excluding carboxylic acids is 1. The highest BCUT2D eigenvalue weighted by atomic mass is 19.4. The number of primary amides is 1. The minimum Gasteiger partial charge on any atom is -0.490 e. The molecule has 0 radical (unpaired) electrons. The Balaban J connectivity index is 2.46. The Morgan fingerprint density at radius 1 is 1.08 bits per heavy atom. The molecule has 134 valence electrons. The summed E-state index contributed by atoms with van der Waals surface area (Å²) in [5.41, 5.74) is 4.32. The largest absolute Gasteiger partial charge is 0.490 e. The highest BCUT2D eigenvalue weighted by Crippen LogP contribution is 2.41. The van der Waals surface area contributed by atoms with Crippen LogP contribution in [0.25, 0.3) is 0 Å². The van der Waals surface area contributed by atoms with Crippen molar-refractivity contribution in [2.75, 3.05) is 6.61 Å². The van der Waals surface area contributed by atoms with Gasteiger partial charge in [0.05, 0.1) is 17.7 Å². The molecule has 7 heteroatoms. The van der Waals surface area contributed by atoms with Gasteiger partial charge in [-0.25, -0.2) is 0 Å². The molecular formula is C18H18F3NO3. The van der Waals surface area contributed by atoms with Gasteiger partial charge < -0.3 is 15.2 Å². The van der Waals surface area contributed by atoms with E-state index in [1.165, 1.54) is 36.4 Å². The standard InChI is InChI=1S/C18H18F3NO3/c1-2-3-11-24-15-10-6-7-12(17(22)23)16(15)25-14-9-5-4-8-13(14)18(19,20)21/h4-10H,2-3,11H2,1H3,(H2,22,23). The molecule has 2 rings (SSSR count). The van der Waals surface area contributed by atoms with E-state index >= 15 is 0 Å². The number of para-hydroxylation sites is 2. The fraction of sp³-hybridized carbons (Fsp3) is 0.278. The molecule has 0 aliphatic carbocycles. The highest BCUT2D eigenvalue weighted by Gasteiger charge is 2.34. The van der Waals surface area contributed by atoms with Gasteiger partial charge in [-0.1, -0.05) is 31.5 Å². The molecule has 0 saturated carbocycles. The summed E-state index contributed by atoms with van der Waals surface area (Å²) in [5.74, 6) is -1.20. The van der Waals surface area contributed by atoms with E-state index in [2.05, 4.69) is 0 Å². The summed E-state index contributed by atoms with van der Waals surface area (Å²) < 4.78 is 50.5. The monoisotopic (exact) mass is 353 g/mol. The molecule has 0 saturated heterocycles. The summed E-state index contributed by atoms with van der Waals surface area (Å²) >= 11 is 0. The van der Waals surface area contributed by atoms with Crippen molar-refractivity contribution in [2.45, 2.75) is 25.9 Å². The minimum absolute atomic E-state index is 0.0500. The molecule has 2 N–H and O–H groups in total. The lowest BCUT2D eigenvalue weighted by molar-refractivity contribution is -0.138. The van der Waals surface area contributed by atoms with Crippen molar-refractivity contribution in [1.82, 2.24) is 0 Å². The molecule has 0 aliphatic rings. The molecule has 0 aromatic heterocycles. The number of alkyl halides is 3. The van der Waals surface area contributed by atoms with Crippen LogP contribution in [0.5, 0.6) is 17.2 Å². The zero-order valence-corrected chi connectivity index (χ0v) is 13.6. The Morgan fingerprint density at radius 2 is 1.76 bits per heavy atom. The van der Waals surface area contributed by atoms with E-state index in [1.54, 1.807) is 0 Å². The number of amides is 1. The van der Waals surface area contributed by atoms with Crippen LogP contribution in [0.2, 0.25) is 0 Å². The zero-order valence-electron chi connectivity index (χ0n) is 13.6. The van der Waals surface area contributed by atoms with Gasteiger partial charge in [0.2, 0.25) is 0 Å². The van der Waals surface area contributed by atoms with Crippen LogP contribution in [0, 0.1) is 0 Å². The number of unbranched alkanes of at least 4 members (excludes halogenated alkanes) is 1. The molecule has 0 unspecified atom stereocenters. The highest BCUT2D eigenvalue weighted by molar-refractivity contribution is 5.96. The first kappa shape index (κ1) is 18.6. The van der Waals surface area contributed by atoms with Gasteiger partial charge in [0.15, 0.2) is 11.5 Å². The molecule has 0 spiro atoms. The molecule has 25 heavy (non-hydrogen) atoms. The summed E-state index contributed by atoms with van der Waals surface area (Å²) in [6, 6.07) is 9.18. The second-order valence-corrected chi connectivity index (χ2v) is 5.30. The topological polar surface area (TPSA) is 61.5 Å². The summed E-state index contributed by atoms with van der Waals surface area (Å²) in [6.07, 6.45) is -2.97. The quantitative estimate of drug-likeness (QED) is 0.729. The fourth-order valence-electron chi connectivity index (χ4n) is 2.16. The molecule has 0 aliphatic heterocycles. The average Bonchev–Trinajstić information content (AvgIpc) is 2.55. The predicted molar refractivity (Wildman–Crippen MR) is 86.9 cm³/mol. The van der Waals surface area contributed by atoms with Crippen LogP contribution in [0.3, 0.4) is 0 Å². The Labute approximate surface area is 143 Å². The van der Waals surface area contributed by atoms with Crippen LogP contribution >= 0.6 is 0 Å². The first-order valence-electron chi connectivity index (χ1n) is 7.74. The van der Waals surface area contributed by atoms with E-state index in [4.69, 9.17) is 15.2 Å². The summed E-state index contributed by atoms with van der Waals surface area (Å²) in [7, 11) is 0. The lowest BCUT2D eigenvalue weighted by atomic mass is 10.1. The Kier molecular flexibility index (Phi) is 5.90. The number of ether oxygens (including phenoxy) is 2. The second kappa shape index (κ2) is 7.92. The lowest BCUT2D eigenvalue weighted by Crippen LogP contribution is -2.14. The van der Waals surface area contributed by atoms with Crippen LogP contribution in [-0.2, 0) is 6.18 Å². The molecule has 1 amide bonds. The van der Waals surface area contributed by atoms with Crippen LogP contribution in [-0.4, -0.2) is 12.5 Å². The van der Waals surface area contributed by atoms with Crippen molar-refractivity contribution in [1.29, 1.82) is 0 Å². The van der Waals surface area contributed by atoms with E-state index in [1.807, 2.05) is 6.92 Å². The zero-order chi connectivity index (χ0) is 18.4. The van der Waals surface area contributed by atoms with Crippen molar-refractivity contribution in [3.8, 4) is 17.2 Å². The van der Waals surface area contributed by atoms with Crippen molar-refractivity contribution in [3.63, 3.8) is 0 Å². The third-order valence-corrected chi connectivity index (χ3v) is 3.40. The van der Waals surface area contributed by atoms with Gasteiger partial charge >= 0.3 is 6.18 Å². The van der Waals surface area contributed by atoms with Gasteiger partial charge in [0, 0.05) is 0 Å². The maximum atomic E-state index is 13.2. The number of benzene rings is 2. The molecule has 4 nitrogen and oxygen atoms in total. The first-order chi connectivity index (χ1) is 11.8. The summed E-state index contributed by atoms with van der Waals surface area (Å²) in [6.45, 7) is 2.32. The number of hydrogen-bond acceptors (Lipinski definition) is 3. The van der Waals surface area contributed by atoms with E-state index in [9.17, 15) is 18.0 Å². The average molecular weight is 353 g/mol. The third kappa shape index (κ3) is 4.65. The molecule has 0 fully saturated rings. The molecule has 2 aromatic carbocycles. The van der Waals surface area contributed by atoms with E-state index in [-0.39, 0.29) is 17.1 Å². The molecule has 0 heterocycles. The predicted octanol–water partition coefficient (Wildman–Crippen LogP) is 4.78. The van der Waals surface area contributed by atoms with Crippen LogP contribution in [0.4, 0.5) is 13.2 Å². The molecule has 2 aromatic rings. The number of nitrogens with two attached hydrogens (primary N) is 1. The normalized spacial score (nSPS) is 11.2. The van der Waals surface area contributed by atoms with E-state index in [0.29, 0.717) is 6.61 Å². The fourth-order valence-corrected chi connectivity index (χ4v) is 2.16. The smallest absolute Gasteiger partial charge is 0.419 e. The van der Waals surface area contributed by atoms with Crippen molar-refractivity contribution in [2.24, 2.45) is 5.73 Å². The maximum Gasteiger partial charge on any atom is 0.419 e. The molecular weight excluding hydrogens is 335 g/mol. The number of hydrogen-bond donors (Lipinski definition) is 1. The first-order valence-corrected chi connectivity index (χ1v) is 7.74. The number of halogens is 3. The van der Waals surface area contributed by atoms with E-state index < -0.39 is 23.4 Å². The van der Waals surface area contributed by atoms with Gasteiger partial charge in [-0.3, -0.25) is 4.79 Å². The SMILES string of the molecule is CCCCOc1cccc(C(N)=O)c1Oc1ccccc1C(F)(F)F. The Hall–Kier alpha value is -2.70. The van der Waals surface area contributed by atoms with Crippen molar-refractivity contribution >= 4 is 5.91 Å². The summed E-state index contributed by atoms with van der Waals surface area (Å²) in [5, 5.41) is 0. The Bertz CT molecular complexity index is 745. The minimum atomic E-state index is -4.60. The van der Waals surface area contributed by atoms with Gasteiger partial charge in [-0.05, 0) is 30.7 Å². The number of rotatable bonds is 7. The van der Waals surface area contributed by atoms with Crippen LogP contribution < -0.4 is 15.2 Å². The lowest BCUT2D eigenvalue weighted by Gasteiger charge is -2.17. The maximum absolute atomic E-state index is 13.2. The van der Waals surface area contributed by atoms with Gasteiger partial charge in [0.25, 0.3) is 5.91 Å². The van der Waals surface area contributed by atoms with Gasteiger partial charge in [-0.15, -0.1) is 0 Å². The van der Waals surface area contributed by atoms with E-state index in [0.717, 1.165) is 18.9 Å².